The molecule has 1 spiro atoms. The van der Waals surface area contributed by atoms with Gasteiger partial charge in [-0.1, -0.05) is 37.5 Å². The number of nitrogens with zero attached hydrogens (tertiary/aromatic N) is 2. The second-order valence-electron chi connectivity index (χ2n) is 8.14. The van der Waals surface area contributed by atoms with Crippen molar-refractivity contribution in [2.24, 2.45) is 5.92 Å². The zero-order valence-corrected chi connectivity index (χ0v) is 15.2. The summed E-state index contributed by atoms with van der Waals surface area (Å²) in [6, 6.07) is 6.74. The summed E-state index contributed by atoms with van der Waals surface area (Å²) in [5.41, 5.74) is 4.18. The van der Waals surface area contributed by atoms with Crippen LogP contribution in [0.5, 0.6) is 0 Å². The number of rotatable bonds is 2. The van der Waals surface area contributed by atoms with Crippen LogP contribution in [0.2, 0.25) is 0 Å². The molecule has 4 rings (SSSR count). The molecule has 130 valence electrons. The third-order valence-electron chi connectivity index (χ3n) is 6.71. The zero-order valence-electron chi connectivity index (χ0n) is 15.2. The van der Waals surface area contributed by atoms with Crippen LogP contribution in [-0.4, -0.2) is 37.0 Å². The molecule has 1 saturated heterocycles. The zero-order chi connectivity index (χ0) is 16.7. The van der Waals surface area contributed by atoms with Crippen molar-refractivity contribution in [1.82, 2.24) is 4.90 Å². The van der Waals surface area contributed by atoms with Crippen LogP contribution in [0.4, 0.5) is 5.69 Å². The van der Waals surface area contributed by atoms with Crippen molar-refractivity contribution in [3.63, 3.8) is 0 Å². The van der Waals surface area contributed by atoms with Gasteiger partial charge in [0.05, 0.1) is 0 Å². The van der Waals surface area contributed by atoms with E-state index in [2.05, 4.69) is 41.8 Å². The number of likely N-dealkylation sites (tertiary alicyclic amines) is 1. The smallest absolute Gasteiger partial charge is 0.230 e. The number of anilines is 1. The molecule has 1 amide bonds. The maximum atomic E-state index is 13.2. The van der Waals surface area contributed by atoms with Crippen molar-refractivity contribution in [2.75, 3.05) is 31.1 Å². The SMILES string of the molecule is CCN1CCC2(CC1)CN(C(=O)C1CCCC1)c1ccc(C)cc12. The Morgan fingerprint density at radius 1 is 1.21 bits per heavy atom. The highest BCUT2D eigenvalue weighted by atomic mass is 16.2. The van der Waals surface area contributed by atoms with Gasteiger partial charge < -0.3 is 9.80 Å². The second-order valence-corrected chi connectivity index (χ2v) is 8.14. The van der Waals surface area contributed by atoms with E-state index in [9.17, 15) is 4.79 Å². The molecular weight excluding hydrogens is 296 g/mol. The Balaban J connectivity index is 1.66. The first kappa shape index (κ1) is 16.1. The highest BCUT2D eigenvalue weighted by Crippen LogP contribution is 2.48. The predicted octanol–water partition coefficient (Wildman–Crippen LogP) is 3.89. The molecule has 0 bridgehead atoms. The molecule has 0 N–H and O–H groups in total. The summed E-state index contributed by atoms with van der Waals surface area (Å²) >= 11 is 0. The monoisotopic (exact) mass is 326 g/mol. The van der Waals surface area contributed by atoms with Gasteiger partial charge in [-0.15, -0.1) is 0 Å². The van der Waals surface area contributed by atoms with E-state index in [1.807, 2.05) is 0 Å². The fourth-order valence-electron chi connectivity index (χ4n) is 5.10. The Hall–Kier alpha value is -1.35. The number of fused-ring (bicyclic) bond motifs is 2. The first-order valence-electron chi connectivity index (χ1n) is 9.78. The molecule has 3 heteroatoms. The van der Waals surface area contributed by atoms with Gasteiger partial charge in [0.1, 0.15) is 0 Å². The van der Waals surface area contributed by atoms with Crippen molar-refractivity contribution in [2.45, 2.75) is 57.8 Å². The normalized spacial score (nSPS) is 23.8. The van der Waals surface area contributed by atoms with Crippen molar-refractivity contribution >= 4 is 11.6 Å². The quantitative estimate of drug-likeness (QED) is 0.823. The largest absolute Gasteiger partial charge is 0.311 e. The Morgan fingerprint density at radius 2 is 1.92 bits per heavy atom. The van der Waals surface area contributed by atoms with Crippen LogP contribution in [0.25, 0.3) is 0 Å². The van der Waals surface area contributed by atoms with Gasteiger partial charge in [-0.3, -0.25) is 4.79 Å². The predicted molar refractivity (Wildman–Crippen MR) is 98.5 cm³/mol. The van der Waals surface area contributed by atoms with Crippen molar-refractivity contribution in [3.8, 4) is 0 Å². The second kappa shape index (κ2) is 6.18. The van der Waals surface area contributed by atoms with Crippen molar-refractivity contribution in [3.05, 3.63) is 29.3 Å². The number of hydrogen-bond acceptors (Lipinski definition) is 2. The summed E-state index contributed by atoms with van der Waals surface area (Å²) in [6.07, 6.45) is 7.00. The minimum atomic E-state index is 0.196. The molecule has 0 unspecified atom stereocenters. The van der Waals surface area contributed by atoms with Gasteiger partial charge in [0.25, 0.3) is 0 Å². The molecule has 1 aromatic carbocycles. The lowest BCUT2D eigenvalue weighted by Gasteiger charge is -2.39. The van der Waals surface area contributed by atoms with E-state index < -0.39 is 0 Å². The number of amides is 1. The summed E-state index contributed by atoms with van der Waals surface area (Å²) in [5, 5.41) is 0. The molecule has 24 heavy (non-hydrogen) atoms. The molecular formula is C21H30N2O. The van der Waals surface area contributed by atoms with E-state index in [0.717, 1.165) is 39.0 Å². The number of piperidine rings is 1. The van der Waals surface area contributed by atoms with E-state index in [-0.39, 0.29) is 11.3 Å². The molecule has 3 aliphatic rings. The van der Waals surface area contributed by atoms with Gasteiger partial charge >= 0.3 is 0 Å². The molecule has 1 saturated carbocycles. The average molecular weight is 326 g/mol. The van der Waals surface area contributed by atoms with Crippen LogP contribution >= 0.6 is 0 Å². The summed E-state index contributed by atoms with van der Waals surface area (Å²) in [4.78, 5) is 17.9. The lowest BCUT2D eigenvalue weighted by Crippen LogP contribution is -2.46. The molecule has 2 heterocycles. The van der Waals surface area contributed by atoms with Crippen molar-refractivity contribution < 1.29 is 4.79 Å². The third-order valence-corrected chi connectivity index (χ3v) is 6.71. The van der Waals surface area contributed by atoms with Crippen LogP contribution < -0.4 is 4.90 Å². The van der Waals surface area contributed by atoms with Gasteiger partial charge in [-0.2, -0.15) is 0 Å². The highest BCUT2D eigenvalue weighted by molar-refractivity contribution is 5.98. The minimum Gasteiger partial charge on any atom is -0.311 e. The number of carbonyl (C=O) groups is 1. The molecule has 1 aromatic rings. The summed E-state index contributed by atoms with van der Waals surface area (Å²) in [5.74, 6) is 0.664. The first-order valence-corrected chi connectivity index (χ1v) is 9.78. The lowest BCUT2D eigenvalue weighted by atomic mass is 9.74. The van der Waals surface area contributed by atoms with Gasteiger partial charge in [0, 0.05) is 23.6 Å². The van der Waals surface area contributed by atoms with E-state index in [4.69, 9.17) is 0 Å². The highest BCUT2D eigenvalue weighted by Gasteiger charge is 2.47. The Bertz CT molecular complexity index is 625. The van der Waals surface area contributed by atoms with Crippen LogP contribution in [0, 0.1) is 12.8 Å². The van der Waals surface area contributed by atoms with Crippen LogP contribution in [0.1, 0.15) is 56.6 Å². The van der Waals surface area contributed by atoms with Gasteiger partial charge in [0.2, 0.25) is 5.91 Å². The van der Waals surface area contributed by atoms with Crippen LogP contribution in [-0.2, 0) is 10.2 Å². The maximum absolute atomic E-state index is 13.2. The molecule has 0 radical (unpaired) electrons. The number of carbonyl (C=O) groups excluding carboxylic acids is 1. The maximum Gasteiger partial charge on any atom is 0.230 e. The fraction of sp³-hybridized carbons (Fsp3) is 0.667. The fourth-order valence-corrected chi connectivity index (χ4v) is 5.10. The molecule has 2 fully saturated rings. The van der Waals surface area contributed by atoms with Gasteiger partial charge in [-0.25, -0.2) is 0 Å². The Labute approximate surface area is 146 Å². The summed E-state index contributed by atoms with van der Waals surface area (Å²) in [7, 11) is 0. The topological polar surface area (TPSA) is 23.6 Å². The van der Waals surface area contributed by atoms with E-state index in [1.165, 1.54) is 42.5 Å². The summed E-state index contributed by atoms with van der Waals surface area (Å²) < 4.78 is 0. The molecule has 1 aliphatic carbocycles. The third kappa shape index (κ3) is 2.57. The Kier molecular flexibility index (Phi) is 4.16. The van der Waals surface area contributed by atoms with Gasteiger partial charge in [-0.05, 0) is 63.9 Å². The molecule has 3 nitrogen and oxygen atoms in total. The average Bonchev–Trinajstić information content (AvgIpc) is 3.23. The molecule has 0 aromatic heterocycles. The van der Waals surface area contributed by atoms with E-state index in [1.54, 1.807) is 0 Å². The first-order chi connectivity index (χ1) is 11.6. The lowest BCUT2D eigenvalue weighted by molar-refractivity contribution is -0.122. The number of hydrogen-bond donors (Lipinski definition) is 0. The molecule has 2 aliphatic heterocycles. The van der Waals surface area contributed by atoms with E-state index in [0.29, 0.717) is 5.91 Å². The van der Waals surface area contributed by atoms with Crippen LogP contribution in [0.15, 0.2) is 18.2 Å². The number of benzene rings is 1. The standard InChI is InChI=1S/C21H30N2O/c1-3-22-12-10-21(11-13-22)15-23(20(24)17-6-4-5-7-17)19-9-8-16(2)14-18(19)21/h8-9,14,17H,3-7,10-13,15H2,1-2H3. The minimum absolute atomic E-state index is 0.196. The van der Waals surface area contributed by atoms with Gasteiger partial charge in [0.15, 0.2) is 0 Å². The van der Waals surface area contributed by atoms with Crippen LogP contribution in [0.3, 0.4) is 0 Å². The van der Waals surface area contributed by atoms with Crippen molar-refractivity contribution in [1.29, 1.82) is 0 Å². The summed E-state index contributed by atoms with van der Waals surface area (Å²) in [6.45, 7) is 8.81. The number of aryl methyl sites for hydroxylation is 1. The molecule has 0 atom stereocenters. The van der Waals surface area contributed by atoms with E-state index >= 15 is 0 Å². The Morgan fingerprint density at radius 3 is 2.58 bits per heavy atom.